The summed E-state index contributed by atoms with van der Waals surface area (Å²) in [6.45, 7) is 6.16. The van der Waals surface area contributed by atoms with Gasteiger partial charge < -0.3 is 16.2 Å². The van der Waals surface area contributed by atoms with E-state index < -0.39 is 11.8 Å². The summed E-state index contributed by atoms with van der Waals surface area (Å²) in [5, 5.41) is 12.3. The van der Waals surface area contributed by atoms with Crippen molar-refractivity contribution in [1.82, 2.24) is 0 Å². The number of benzene rings is 1. The number of nitrogens with one attached hydrogen (secondary N) is 1. The van der Waals surface area contributed by atoms with Crippen LogP contribution in [0.25, 0.3) is 0 Å². The maximum absolute atomic E-state index is 13.3. The first-order chi connectivity index (χ1) is 8.92. The number of hydrogen-bond donors (Lipinski definition) is 3. The van der Waals surface area contributed by atoms with Gasteiger partial charge in [0.1, 0.15) is 11.4 Å². The number of carboxylic acid groups (broad SMARTS) is 1. The van der Waals surface area contributed by atoms with Crippen molar-refractivity contribution in [1.29, 1.82) is 0 Å². The standard InChI is InChI=1S/C14H21FN2O2/c1-4-9(5-2)8(3)17-11-7-6-10(15)13(16)12(11)14(18)19/h6-9,17H,4-5,16H2,1-3H3,(H,18,19). The van der Waals surface area contributed by atoms with E-state index in [-0.39, 0.29) is 17.3 Å². The largest absolute Gasteiger partial charge is 0.478 e. The average Bonchev–Trinajstić information content (AvgIpc) is 2.35. The lowest BCUT2D eigenvalue weighted by molar-refractivity contribution is 0.0698. The van der Waals surface area contributed by atoms with Gasteiger partial charge >= 0.3 is 5.97 Å². The fourth-order valence-electron chi connectivity index (χ4n) is 2.30. The first-order valence-corrected chi connectivity index (χ1v) is 6.50. The van der Waals surface area contributed by atoms with E-state index in [1.807, 2.05) is 6.92 Å². The van der Waals surface area contributed by atoms with Crippen LogP contribution in [0.1, 0.15) is 44.0 Å². The molecule has 0 bridgehead atoms. The topological polar surface area (TPSA) is 75.3 Å². The summed E-state index contributed by atoms with van der Waals surface area (Å²) in [5.74, 6) is -1.51. The molecule has 0 fully saturated rings. The Balaban J connectivity index is 3.08. The van der Waals surface area contributed by atoms with Crippen molar-refractivity contribution < 1.29 is 14.3 Å². The quantitative estimate of drug-likeness (QED) is 0.692. The fraction of sp³-hybridized carbons (Fsp3) is 0.500. The van der Waals surface area contributed by atoms with Crippen molar-refractivity contribution in [3.63, 3.8) is 0 Å². The number of rotatable bonds is 6. The van der Waals surface area contributed by atoms with Crippen molar-refractivity contribution >= 4 is 17.3 Å². The van der Waals surface area contributed by atoms with Gasteiger partial charge in [0.05, 0.1) is 11.4 Å². The highest BCUT2D eigenvalue weighted by Gasteiger charge is 2.20. The second kappa shape index (κ2) is 6.41. The van der Waals surface area contributed by atoms with Gasteiger partial charge in [0.2, 0.25) is 0 Å². The van der Waals surface area contributed by atoms with Crippen LogP contribution in [-0.4, -0.2) is 17.1 Å². The lowest BCUT2D eigenvalue weighted by Crippen LogP contribution is -2.26. The monoisotopic (exact) mass is 268 g/mol. The van der Waals surface area contributed by atoms with Gasteiger partial charge in [0.15, 0.2) is 0 Å². The molecular weight excluding hydrogens is 247 g/mol. The minimum Gasteiger partial charge on any atom is -0.478 e. The Labute approximate surface area is 112 Å². The van der Waals surface area contributed by atoms with E-state index in [0.29, 0.717) is 11.6 Å². The van der Waals surface area contributed by atoms with Gasteiger partial charge in [-0.3, -0.25) is 0 Å². The minimum atomic E-state index is -1.23. The predicted molar refractivity (Wildman–Crippen MR) is 74.9 cm³/mol. The molecule has 0 spiro atoms. The second-order valence-electron chi connectivity index (χ2n) is 4.70. The van der Waals surface area contributed by atoms with Gasteiger partial charge in [-0.15, -0.1) is 0 Å². The first kappa shape index (κ1) is 15.3. The van der Waals surface area contributed by atoms with Crippen LogP contribution < -0.4 is 11.1 Å². The highest BCUT2D eigenvalue weighted by Crippen LogP contribution is 2.27. The van der Waals surface area contributed by atoms with Crippen LogP contribution in [-0.2, 0) is 0 Å². The first-order valence-electron chi connectivity index (χ1n) is 6.50. The smallest absolute Gasteiger partial charge is 0.340 e. The maximum Gasteiger partial charge on any atom is 0.340 e. The predicted octanol–water partition coefficient (Wildman–Crippen LogP) is 3.34. The summed E-state index contributed by atoms with van der Waals surface area (Å²) < 4.78 is 13.3. The molecule has 1 aromatic carbocycles. The van der Waals surface area contributed by atoms with Crippen LogP contribution in [0.3, 0.4) is 0 Å². The van der Waals surface area contributed by atoms with E-state index in [1.165, 1.54) is 12.1 Å². The molecular formula is C14H21FN2O2. The van der Waals surface area contributed by atoms with Crippen molar-refractivity contribution in [2.45, 2.75) is 39.7 Å². The van der Waals surface area contributed by atoms with E-state index in [0.717, 1.165) is 12.8 Å². The van der Waals surface area contributed by atoms with Gasteiger partial charge in [-0.1, -0.05) is 26.7 Å². The molecule has 0 amide bonds. The molecule has 0 saturated heterocycles. The molecule has 1 atom stereocenters. The molecule has 4 nitrogen and oxygen atoms in total. The number of hydrogen-bond acceptors (Lipinski definition) is 3. The van der Waals surface area contributed by atoms with Gasteiger partial charge in [-0.25, -0.2) is 9.18 Å². The normalized spacial score (nSPS) is 12.5. The van der Waals surface area contributed by atoms with Crippen LogP contribution in [0.2, 0.25) is 0 Å². The van der Waals surface area contributed by atoms with E-state index in [2.05, 4.69) is 19.2 Å². The fourth-order valence-corrected chi connectivity index (χ4v) is 2.30. The summed E-state index contributed by atoms with van der Waals surface area (Å²) in [7, 11) is 0. The van der Waals surface area contributed by atoms with Crippen LogP contribution in [0.4, 0.5) is 15.8 Å². The van der Waals surface area contributed by atoms with Crippen LogP contribution in [0, 0.1) is 11.7 Å². The molecule has 0 aliphatic carbocycles. The highest BCUT2D eigenvalue weighted by molar-refractivity contribution is 6.00. The zero-order valence-electron chi connectivity index (χ0n) is 11.5. The van der Waals surface area contributed by atoms with Gasteiger partial charge in [0, 0.05) is 6.04 Å². The molecule has 1 aromatic rings. The van der Waals surface area contributed by atoms with Gasteiger partial charge in [-0.2, -0.15) is 0 Å². The molecule has 4 N–H and O–H groups in total. The zero-order chi connectivity index (χ0) is 14.6. The molecule has 0 heterocycles. The molecule has 0 saturated carbocycles. The number of aromatic carboxylic acids is 1. The van der Waals surface area contributed by atoms with Crippen LogP contribution in [0.5, 0.6) is 0 Å². The molecule has 0 radical (unpaired) electrons. The van der Waals surface area contributed by atoms with Crippen LogP contribution >= 0.6 is 0 Å². The third kappa shape index (κ3) is 3.36. The maximum atomic E-state index is 13.3. The molecule has 106 valence electrons. The number of carbonyl (C=O) groups is 1. The number of nitrogen functional groups attached to an aromatic ring is 1. The summed E-state index contributed by atoms with van der Waals surface area (Å²) in [4.78, 5) is 11.2. The molecule has 0 aromatic heterocycles. The lowest BCUT2D eigenvalue weighted by atomic mass is 9.95. The number of nitrogens with two attached hydrogens (primary N) is 1. The Hall–Kier alpha value is -1.78. The summed E-state index contributed by atoms with van der Waals surface area (Å²) in [5.41, 5.74) is 5.35. The molecule has 0 aliphatic rings. The Bertz CT molecular complexity index is 459. The molecule has 19 heavy (non-hydrogen) atoms. The van der Waals surface area contributed by atoms with Crippen molar-refractivity contribution in [3.8, 4) is 0 Å². The Morgan fingerprint density at radius 1 is 1.42 bits per heavy atom. The molecule has 1 rings (SSSR count). The van der Waals surface area contributed by atoms with E-state index >= 15 is 0 Å². The number of carboxylic acids is 1. The number of halogens is 1. The van der Waals surface area contributed by atoms with Gasteiger partial charge in [-0.05, 0) is 25.0 Å². The third-order valence-electron chi connectivity index (χ3n) is 3.55. The zero-order valence-corrected chi connectivity index (χ0v) is 11.5. The molecule has 0 aliphatic heterocycles. The van der Waals surface area contributed by atoms with Gasteiger partial charge in [0.25, 0.3) is 0 Å². The summed E-state index contributed by atoms with van der Waals surface area (Å²) in [6, 6.07) is 2.70. The van der Waals surface area contributed by atoms with Crippen molar-refractivity contribution in [3.05, 3.63) is 23.5 Å². The van der Waals surface area contributed by atoms with Crippen molar-refractivity contribution in [2.75, 3.05) is 11.1 Å². The average molecular weight is 268 g/mol. The molecule has 1 unspecified atom stereocenters. The molecule has 5 heteroatoms. The SMILES string of the molecule is CCC(CC)C(C)Nc1ccc(F)c(N)c1C(=O)O. The number of anilines is 2. The van der Waals surface area contributed by atoms with Crippen LogP contribution in [0.15, 0.2) is 12.1 Å². The lowest BCUT2D eigenvalue weighted by Gasteiger charge is -2.24. The summed E-state index contributed by atoms with van der Waals surface area (Å²) >= 11 is 0. The Kier molecular flexibility index (Phi) is 5.15. The highest BCUT2D eigenvalue weighted by atomic mass is 19.1. The van der Waals surface area contributed by atoms with E-state index in [1.54, 1.807) is 0 Å². The second-order valence-corrected chi connectivity index (χ2v) is 4.70. The van der Waals surface area contributed by atoms with Crippen molar-refractivity contribution in [2.24, 2.45) is 5.92 Å². The van der Waals surface area contributed by atoms with E-state index in [9.17, 15) is 9.18 Å². The Morgan fingerprint density at radius 3 is 2.47 bits per heavy atom. The summed E-state index contributed by atoms with van der Waals surface area (Å²) in [6.07, 6.45) is 1.98. The van der Waals surface area contributed by atoms with E-state index in [4.69, 9.17) is 10.8 Å². The third-order valence-corrected chi connectivity index (χ3v) is 3.55. The minimum absolute atomic E-state index is 0.0953. The Morgan fingerprint density at radius 2 is 2.00 bits per heavy atom.